The zero-order valence-electron chi connectivity index (χ0n) is 11.1. The number of para-hydroxylation sites is 1. The summed E-state index contributed by atoms with van der Waals surface area (Å²) < 4.78 is 0.987. The number of hydrogen-bond acceptors (Lipinski definition) is 2. The Balaban J connectivity index is 2.07. The van der Waals surface area contributed by atoms with Crippen LogP contribution in [-0.4, -0.2) is 11.0 Å². The molecule has 0 saturated carbocycles. The van der Waals surface area contributed by atoms with Crippen molar-refractivity contribution in [3.8, 4) is 0 Å². The Labute approximate surface area is 126 Å². The van der Waals surface area contributed by atoms with Crippen LogP contribution in [0.2, 0.25) is 0 Å². The maximum atomic E-state index is 12.0. The van der Waals surface area contributed by atoms with Gasteiger partial charge >= 0.3 is 0 Å². The predicted molar refractivity (Wildman–Crippen MR) is 83.6 cm³/mol. The van der Waals surface area contributed by atoms with E-state index in [-0.39, 0.29) is 5.91 Å². The number of aliphatic hydroxyl groups is 1. The summed E-state index contributed by atoms with van der Waals surface area (Å²) in [6.45, 7) is 1.68. The first-order valence-corrected chi connectivity index (χ1v) is 7.17. The first-order valence-electron chi connectivity index (χ1n) is 6.37. The van der Waals surface area contributed by atoms with Gasteiger partial charge in [-0.1, -0.05) is 46.3 Å². The summed E-state index contributed by atoms with van der Waals surface area (Å²) in [4.78, 5) is 12.0. The zero-order chi connectivity index (χ0) is 14.5. The van der Waals surface area contributed by atoms with Gasteiger partial charge in [-0.25, -0.2) is 0 Å². The molecule has 20 heavy (non-hydrogen) atoms. The second-order valence-electron chi connectivity index (χ2n) is 4.61. The van der Waals surface area contributed by atoms with Gasteiger partial charge in [-0.05, 0) is 30.7 Å². The van der Waals surface area contributed by atoms with Gasteiger partial charge in [0.25, 0.3) is 0 Å². The SMILES string of the molecule is CC(O)c1ccccc1NC(=O)Cc1ccc(Br)cc1. The lowest BCUT2D eigenvalue weighted by Gasteiger charge is -2.13. The van der Waals surface area contributed by atoms with Crippen LogP contribution < -0.4 is 5.32 Å². The number of benzene rings is 2. The van der Waals surface area contributed by atoms with Crippen LogP contribution >= 0.6 is 15.9 Å². The minimum Gasteiger partial charge on any atom is -0.389 e. The summed E-state index contributed by atoms with van der Waals surface area (Å²) in [6, 6.07) is 14.9. The summed E-state index contributed by atoms with van der Waals surface area (Å²) in [5.74, 6) is -0.0968. The minimum absolute atomic E-state index is 0.0968. The molecule has 0 aromatic heterocycles. The third-order valence-corrected chi connectivity index (χ3v) is 3.49. The Morgan fingerprint density at radius 2 is 1.85 bits per heavy atom. The van der Waals surface area contributed by atoms with E-state index in [1.54, 1.807) is 19.1 Å². The molecule has 1 atom stereocenters. The van der Waals surface area contributed by atoms with Crippen molar-refractivity contribution in [2.24, 2.45) is 0 Å². The molecule has 0 saturated heterocycles. The Bertz CT molecular complexity index is 594. The van der Waals surface area contributed by atoms with E-state index in [4.69, 9.17) is 0 Å². The molecule has 2 rings (SSSR count). The maximum absolute atomic E-state index is 12.0. The summed E-state index contributed by atoms with van der Waals surface area (Å²) in [6.07, 6.45) is -0.305. The molecule has 1 amide bonds. The molecule has 0 fully saturated rings. The number of rotatable bonds is 4. The van der Waals surface area contributed by atoms with Gasteiger partial charge in [0.05, 0.1) is 12.5 Å². The van der Waals surface area contributed by atoms with Crippen LogP contribution in [0.5, 0.6) is 0 Å². The Kier molecular flexibility index (Phi) is 4.93. The van der Waals surface area contributed by atoms with Crippen molar-refractivity contribution >= 4 is 27.5 Å². The quantitative estimate of drug-likeness (QED) is 0.896. The van der Waals surface area contributed by atoms with Crippen LogP contribution in [0.1, 0.15) is 24.2 Å². The number of carbonyl (C=O) groups excluding carboxylic acids is 1. The van der Waals surface area contributed by atoms with Crippen LogP contribution in [0.4, 0.5) is 5.69 Å². The number of anilines is 1. The van der Waals surface area contributed by atoms with E-state index < -0.39 is 6.10 Å². The summed E-state index contributed by atoms with van der Waals surface area (Å²) >= 11 is 3.36. The van der Waals surface area contributed by atoms with Crippen molar-refractivity contribution < 1.29 is 9.90 Å². The maximum Gasteiger partial charge on any atom is 0.228 e. The molecule has 104 valence electrons. The Morgan fingerprint density at radius 3 is 2.50 bits per heavy atom. The highest BCUT2D eigenvalue weighted by Crippen LogP contribution is 2.22. The number of halogens is 1. The van der Waals surface area contributed by atoms with Crippen molar-refractivity contribution in [2.75, 3.05) is 5.32 Å². The zero-order valence-corrected chi connectivity index (χ0v) is 12.7. The van der Waals surface area contributed by atoms with Crippen LogP contribution in [0.15, 0.2) is 53.0 Å². The molecule has 3 nitrogen and oxygen atoms in total. The van der Waals surface area contributed by atoms with Gasteiger partial charge < -0.3 is 10.4 Å². The average molecular weight is 334 g/mol. The molecule has 1 unspecified atom stereocenters. The number of aliphatic hydroxyl groups excluding tert-OH is 1. The molecule has 2 aromatic rings. The van der Waals surface area contributed by atoms with E-state index in [9.17, 15) is 9.90 Å². The highest BCUT2D eigenvalue weighted by Gasteiger charge is 2.10. The first-order chi connectivity index (χ1) is 9.56. The van der Waals surface area contributed by atoms with Gasteiger partial charge in [-0.2, -0.15) is 0 Å². The second-order valence-corrected chi connectivity index (χ2v) is 5.53. The van der Waals surface area contributed by atoms with E-state index >= 15 is 0 Å². The molecule has 4 heteroatoms. The summed E-state index contributed by atoms with van der Waals surface area (Å²) in [5, 5.41) is 12.5. The molecule has 0 aliphatic rings. The molecule has 0 heterocycles. The molecule has 2 N–H and O–H groups in total. The fraction of sp³-hybridized carbons (Fsp3) is 0.188. The topological polar surface area (TPSA) is 49.3 Å². The molecule has 0 aliphatic carbocycles. The van der Waals surface area contributed by atoms with E-state index in [0.717, 1.165) is 15.6 Å². The van der Waals surface area contributed by atoms with E-state index in [1.165, 1.54) is 0 Å². The van der Waals surface area contributed by atoms with Crippen molar-refractivity contribution in [1.82, 2.24) is 0 Å². The van der Waals surface area contributed by atoms with E-state index in [1.807, 2.05) is 36.4 Å². The fourth-order valence-electron chi connectivity index (χ4n) is 1.96. The lowest BCUT2D eigenvalue weighted by atomic mass is 10.1. The molecular formula is C16H16BrNO2. The van der Waals surface area contributed by atoms with Gasteiger partial charge in [0.1, 0.15) is 0 Å². The molecule has 0 radical (unpaired) electrons. The van der Waals surface area contributed by atoms with Crippen LogP contribution in [0.25, 0.3) is 0 Å². The van der Waals surface area contributed by atoms with E-state index in [0.29, 0.717) is 12.1 Å². The van der Waals surface area contributed by atoms with Crippen molar-refractivity contribution in [3.05, 3.63) is 64.1 Å². The number of nitrogens with one attached hydrogen (secondary N) is 1. The predicted octanol–water partition coefficient (Wildman–Crippen LogP) is 3.68. The van der Waals surface area contributed by atoms with Crippen LogP contribution in [0.3, 0.4) is 0 Å². The first kappa shape index (κ1) is 14.8. The minimum atomic E-state index is -0.612. The lowest BCUT2D eigenvalue weighted by Crippen LogP contribution is -2.16. The lowest BCUT2D eigenvalue weighted by molar-refractivity contribution is -0.115. The smallest absolute Gasteiger partial charge is 0.228 e. The monoisotopic (exact) mass is 333 g/mol. The van der Waals surface area contributed by atoms with Crippen molar-refractivity contribution in [2.45, 2.75) is 19.4 Å². The summed E-state index contributed by atoms with van der Waals surface area (Å²) in [5.41, 5.74) is 2.32. The molecule has 0 aliphatic heterocycles. The fourth-order valence-corrected chi connectivity index (χ4v) is 2.22. The van der Waals surface area contributed by atoms with Gasteiger partial charge in [0.2, 0.25) is 5.91 Å². The third-order valence-electron chi connectivity index (χ3n) is 2.96. The Morgan fingerprint density at radius 1 is 1.20 bits per heavy atom. The van der Waals surface area contributed by atoms with Crippen molar-refractivity contribution in [3.63, 3.8) is 0 Å². The molecule has 2 aromatic carbocycles. The average Bonchev–Trinajstić information content (AvgIpc) is 2.41. The van der Waals surface area contributed by atoms with Crippen LogP contribution in [-0.2, 0) is 11.2 Å². The number of amides is 1. The highest BCUT2D eigenvalue weighted by atomic mass is 79.9. The van der Waals surface area contributed by atoms with E-state index in [2.05, 4.69) is 21.2 Å². The van der Waals surface area contributed by atoms with Crippen molar-refractivity contribution in [1.29, 1.82) is 0 Å². The van der Waals surface area contributed by atoms with Crippen LogP contribution in [0, 0.1) is 0 Å². The van der Waals surface area contributed by atoms with Gasteiger partial charge in [0.15, 0.2) is 0 Å². The third kappa shape index (κ3) is 3.92. The van der Waals surface area contributed by atoms with Gasteiger partial charge in [0, 0.05) is 15.7 Å². The highest BCUT2D eigenvalue weighted by molar-refractivity contribution is 9.10. The molecule has 0 bridgehead atoms. The summed E-state index contributed by atoms with van der Waals surface area (Å²) in [7, 11) is 0. The van der Waals surface area contributed by atoms with Gasteiger partial charge in [-0.15, -0.1) is 0 Å². The number of carbonyl (C=O) groups is 1. The van der Waals surface area contributed by atoms with Gasteiger partial charge in [-0.3, -0.25) is 4.79 Å². The number of hydrogen-bond donors (Lipinski definition) is 2. The molecular weight excluding hydrogens is 318 g/mol. The normalized spacial score (nSPS) is 11.9. The Hall–Kier alpha value is -1.65. The molecule has 0 spiro atoms. The largest absolute Gasteiger partial charge is 0.389 e. The standard InChI is InChI=1S/C16H16BrNO2/c1-11(19)14-4-2-3-5-15(14)18-16(20)10-12-6-8-13(17)9-7-12/h2-9,11,19H,10H2,1H3,(H,18,20). The second kappa shape index (κ2) is 6.68.